The van der Waals surface area contributed by atoms with Crippen LogP contribution in [0, 0.1) is 0 Å². The van der Waals surface area contributed by atoms with Gasteiger partial charge in [0.2, 0.25) is 0 Å². The Kier molecular flexibility index (Phi) is 7.56. The van der Waals surface area contributed by atoms with Gasteiger partial charge in [-0.05, 0) is 59.8 Å². The second kappa shape index (κ2) is 10.4. The van der Waals surface area contributed by atoms with Gasteiger partial charge in [0.25, 0.3) is 11.1 Å². The van der Waals surface area contributed by atoms with E-state index in [0.29, 0.717) is 5.02 Å². The molecule has 0 N–H and O–H groups in total. The molecule has 0 aromatic heterocycles. The third kappa shape index (κ3) is 5.56. The number of benzene rings is 3. The molecule has 1 aliphatic rings. The van der Waals surface area contributed by atoms with Crippen LogP contribution >= 0.6 is 39.3 Å². The van der Waals surface area contributed by atoms with E-state index in [1.165, 1.54) is 43.5 Å². The highest BCUT2D eigenvalue weighted by Gasteiger charge is 2.35. The quantitative estimate of drug-likeness (QED) is 0.241. The number of rotatable bonds is 7. The maximum Gasteiger partial charge on any atom is 0.339 e. The lowest BCUT2D eigenvalue weighted by Gasteiger charge is -2.14. The van der Waals surface area contributed by atoms with E-state index < -0.39 is 21.3 Å². The van der Waals surface area contributed by atoms with Crippen molar-refractivity contribution in [2.45, 2.75) is 11.4 Å². The molecule has 7 nitrogen and oxygen atoms in total. The Morgan fingerprint density at radius 1 is 1.03 bits per heavy atom. The lowest BCUT2D eigenvalue weighted by Crippen LogP contribution is -2.27. The van der Waals surface area contributed by atoms with Gasteiger partial charge < -0.3 is 8.92 Å². The number of hydrogen-bond acceptors (Lipinski definition) is 7. The molecule has 0 aliphatic carbocycles. The number of nitrogens with zero attached hydrogens (tertiary/aromatic N) is 1. The molecule has 1 saturated heterocycles. The number of methoxy groups -OCH3 is 1. The molecule has 0 radical (unpaired) electrons. The first-order valence-corrected chi connectivity index (χ1v) is 13.4. The minimum Gasteiger partial charge on any atom is -0.493 e. The number of halogens is 2. The van der Waals surface area contributed by atoms with Crippen molar-refractivity contribution in [2.75, 3.05) is 7.11 Å². The summed E-state index contributed by atoms with van der Waals surface area (Å²) in [5.74, 6) is -0.462. The number of hydrogen-bond donors (Lipinski definition) is 0. The van der Waals surface area contributed by atoms with Gasteiger partial charge in [-0.2, -0.15) is 8.42 Å². The lowest BCUT2D eigenvalue weighted by atomic mass is 10.1. The smallest absolute Gasteiger partial charge is 0.339 e. The predicted molar refractivity (Wildman–Crippen MR) is 138 cm³/mol. The number of para-hydroxylation sites is 1. The fourth-order valence-electron chi connectivity index (χ4n) is 3.23. The van der Waals surface area contributed by atoms with Crippen molar-refractivity contribution in [3.8, 4) is 11.5 Å². The molecule has 3 aromatic carbocycles. The first kappa shape index (κ1) is 25.3. The third-order valence-electron chi connectivity index (χ3n) is 4.97. The minimum absolute atomic E-state index is 0.0931. The van der Waals surface area contributed by atoms with Crippen molar-refractivity contribution in [3.63, 3.8) is 0 Å². The van der Waals surface area contributed by atoms with E-state index in [1.54, 1.807) is 12.1 Å². The van der Waals surface area contributed by atoms with Gasteiger partial charge in [-0.3, -0.25) is 14.5 Å². The van der Waals surface area contributed by atoms with Crippen molar-refractivity contribution < 1.29 is 26.9 Å². The lowest BCUT2D eigenvalue weighted by molar-refractivity contribution is -0.123. The van der Waals surface area contributed by atoms with E-state index in [1.807, 2.05) is 24.3 Å². The summed E-state index contributed by atoms with van der Waals surface area (Å²) in [4.78, 5) is 26.8. The van der Waals surface area contributed by atoms with Gasteiger partial charge in [0.1, 0.15) is 4.90 Å². The summed E-state index contributed by atoms with van der Waals surface area (Å²) < 4.78 is 37.3. The molecule has 1 fully saturated rings. The van der Waals surface area contributed by atoms with E-state index in [-0.39, 0.29) is 33.4 Å². The zero-order valence-corrected chi connectivity index (χ0v) is 22.1. The summed E-state index contributed by atoms with van der Waals surface area (Å²) in [5.41, 5.74) is 1.03. The van der Waals surface area contributed by atoms with Crippen molar-refractivity contribution >= 4 is 66.6 Å². The molecular weight excluding hydrogens is 578 g/mol. The van der Waals surface area contributed by atoms with Gasteiger partial charge in [0, 0.05) is 15.1 Å². The highest BCUT2D eigenvalue weighted by molar-refractivity contribution is 9.10. The van der Waals surface area contributed by atoms with Crippen LogP contribution in [0.1, 0.15) is 11.1 Å². The second-order valence-electron chi connectivity index (χ2n) is 7.23. The molecule has 4 rings (SSSR count). The summed E-state index contributed by atoms with van der Waals surface area (Å²) in [6.07, 6.45) is 1.42. The Bertz CT molecular complexity index is 1440. The largest absolute Gasteiger partial charge is 0.493 e. The van der Waals surface area contributed by atoms with Crippen LogP contribution < -0.4 is 8.92 Å². The van der Waals surface area contributed by atoms with Crippen LogP contribution in [-0.4, -0.2) is 31.6 Å². The first-order chi connectivity index (χ1) is 16.7. The molecule has 2 amide bonds. The van der Waals surface area contributed by atoms with Gasteiger partial charge in [0.15, 0.2) is 11.5 Å². The topological polar surface area (TPSA) is 90.0 Å². The van der Waals surface area contributed by atoms with Crippen molar-refractivity contribution in [3.05, 3.63) is 92.3 Å². The van der Waals surface area contributed by atoms with E-state index in [0.717, 1.165) is 26.7 Å². The molecule has 180 valence electrons. The van der Waals surface area contributed by atoms with Crippen LogP contribution in [0.3, 0.4) is 0 Å². The number of ether oxygens (including phenoxy) is 1. The Morgan fingerprint density at radius 3 is 2.43 bits per heavy atom. The molecule has 35 heavy (non-hydrogen) atoms. The molecular formula is C24H17BrClNO6S2. The maximum atomic E-state index is 13.0. The summed E-state index contributed by atoms with van der Waals surface area (Å²) >= 11 is 10.0. The average Bonchev–Trinajstić information content (AvgIpc) is 3.09. The third-order valence-corrected chi connectivity index (χ3v) is 8.14. The zero-order valence-electron chi connectivity index (χ0n) is 18.1. The molecule has 3 aromatic rings. The van der Waals surface area contributed by atoms with Gasteiger partial charge in [-0.25, -0.2) is 0 Å². The minimum atomic E-state index is -4.24. The van der Waals surface area contributed by atoms with Crippen molar-refractivity contribution in [1.29, 1.82) is 0 Å². The van der Waals surface area contributed by atoms with Gasteiger partial charge in [-0.1, -0.05) is 57.9 Å². The van der Waals surface area contributed by atoms with Crippen LogP contribution in [0.2, 0.25) is 5.02 Å². The standard InChI is InChI=1S/C24H17BrClNO6S2/c1-32-20-8-4-6-15(22(20)33-35(30,31)18-11-9-17(26)10-12-18)13-21-23(28)27(24(29)34-21)14-16-5-2-3-7-19(16)25/h2-13H,14H2,1H3/b21-13-. The normalized spacial score (nSPS) is 15.1. The summed E-state index contributed by atoms with van der Waals surface area (Å²) in [6, 6.07) is 17.5. The van der Waals surface area contributed by atoms with Crippen molar-refractivity contribution in [2.24, 2.45) is 0 Å². The fraction of sp³-hybridized carbons (Fsp3) is 0.0833. The zero-order chi connectivity index (χ0) is 25.2. The second-order valence-corrected chi connectivity index (χ2v) is 11.1. The van der Waals surface area contributed by atoms with Crippen molar-refractivity contribution in [1.82, 2.24) is 4.90 Å². The average molecular weight is 595 g/mol. The summed E-state index contributed by atoms with van der Waals surface area (Å²) in [7, 11) is -2.87. The monoisotopic (exact) mass is 593 g/mol. The van der Waals surface area contributed by atoms with Gasteiger partial charge in [0.05, 0.1) is 18.6 Å². The van der Waals surface area contributed by atoms with Crippen LogP contribution in [0.15, 0.2) is 81.0 Å². The molecule has 11 heteroatoms. The van der Waals surface area contributed by atoms with E-state index in [9.17, 15) is 18.0 Å². The molecule has 0 unspecified atom stereocenters. The first-order valence-electron chi connectivity index (χ1n) is 10.1. The number of imide groups is 1. The Hall–Kier alpha value is -2.79. The molecule has 0 bridgehead atoms. The number of amides is 2. The summed E-state index contributed by atoms with van der Waals surface area (Å²) in [5, 5.41) is -0.0589. The SMILES string of the molecule is COc1cccc(/C=C2\SC(=O)N(Cc3ccccc3Br)C2=O)c1OS(=O)(=O)c1ccc(Cl)cc1. The van der Waals surface area contributed by atoms with E-state index in [2.05, 4.69) is 15.9 Å². The Morgan fingerprint density at radius 2 is 1.74 bits per heavy atom. The van der Waals surface area contributed by atoms with Crippen LogP contribution in [0.25, 0.3) is 6.08 Å². The van der Waals surface area contributed by atoms with Crippen LogP contribution in [-0.2, 0) is 21.5 Å². The Balaban J connectivity index is 1.67. The number of carbonyl (C=O) groups is 2. The van der Waals surface area contributed by atoms with Gasteiger partial charge in [-0.15, -0.1) is 0 Å². The molecule has 1 heterocycles. The Labute approximate surface area is 219 Å². The maximum absolute atomic E-state index is 13.0. The summed E-state index contributed by atoms with van der Waals surface area (Å²) in [6.45, 7) is 0.0931. The van der Waals surface area contributed by atoms with E-state index in [4.69, 9.17) is 20.5 Å². The van der Waals surface area contributed by atoms with Crippen LogP contribution in [0.5, 0.6) is 11.5 Å². The molecule has 0 spiro atoms. The van der Waals surface area contributed by atoms with E-state index >= 15 is 0 Å². The highest BCUT2D eigenvalue weighted by atomic mass is 79.9. The molecule has 0 saturated carbocycles. The highest BCUT2D eigenvalue weighted by Crippen LogP contribution is 2.39. The fourth-order valence-corrected chi connectivity index (χ4v) is 5.56. The predicted octanol–water partition coefficient (Wildman–Crippen LogP) is 6.12. The number of carbonyl (C=O) groups excluding carboxylic acids is 2. The van der Waals surface area contributed by atoms with Crippen LogP contribution in [0.4, 0.5) is 4.79 Å². The number of thioether (sulfide) groups is 1. The molecule has 1 aliphatic heterocycles. The molecule has 0 atom stereocenters. The van der Waals surface area contributed by atoms with Gasteiger partial charge >= 0.3 is 10.1 Å².